The van der Waals surface area contributed by atoms with E-state index < -0.39 is 0 Å². The lowest BCUT2D eigenvalue weighted by atomic mass is 10.1. The molecule has 9 rings (SSSR count). The van der Waals surface area contributed by atoms with Crippen LogP contribution in [0.2, 0.25) is 0 Å². The van der Waals surface area contributed by atoms with Crippen LogP contribution in [0.4, 0.5) is 0 Å². The highest BCUT2D eigenvalue weighted by Gasteiger charge is 2.02. The lowest BCUT2D eigenvalue weighted by Crippen LogP contribution is -1.91. The summed E-state index contributed by atoms with van der Waals surface area (Å²) in [5, 5.41) is 0. The minimum absolute atomic E-state index is 0.0407. The van der Waals surface area contributed by atoms with Gasteiger partial charge in [0.2, 0.25) is 0 Å². The van der Waals surface area contributed by atoms with Crippen LogP contribution in [0.3, 0.4) is 0 Å². The van der Waals surface area contributed by atoms with Crippen molar-refractivity contribution in [3.8, 4) is 40.2 Å². The molecule has 9 aromatic rings. The largest absolute Gasteiger partial charge is 0.497 e. The van der Waals surface area contributed by atoms with E-state index in [1.165, 1.54) is 16.7 Å². The molecule has 0 amide bonds. The Morgan fingerprint density at radius 3 is 0.769 bits per heavy atom. The van der Waals surface area contributed by atoms with Gasteiger partial charge in [0.15, 0.2) is 5.78 Å². The van der Waals surface area contributed by atoms with E-state index in [1.54, 1.807) is 38.3 Å². The van der Waals surface area contributed by atoms with Gasteiger partial charge in [-0.3, -0.25) is 4.79 Å². The predicted octanol–water partition coefficient (Wildman–Crippen LogP) is 16.6. The molecule has 328 valence electrons. The van der Waals surface area contributed by atoms with Gasteiger partial charge in [-0.05, 0) is 125 Å². The minimum atomic E-state index is 0.0407. The van der Waals surface area contributed by atoms with Crippen LogP contribution < -0.4 is 18.9 Å². The lowest BCUT2D eigenvalue weighted by molar-refractivity contribution is 0.101. The Balaban J connectivity index is 0.000000186. The fourth-order valence-electron chi connectivity index (χ4n) is 5.49. The summed E-state index contributed by atoms with van der Waals surface area (Å²) >= 11 is 0. The minimum Gasteiger partial charge on any atom is -0.497 e. The van der Waals surface area contributed by atoms with E-state index in [9.17, 15) is 4.79 Å². The fraction of sp³-hybridized carbons (Fsp3) is 0.0833. The fourth-order valence-corrected chi connectivity index (χ4v) is 5.49. The van der Waals surface area contributed by atoms with Gasteiger partial charge in [0.05, 0.1) is 7.11 Å². The molecule has 0 unspecified atom stereocenters. The summed E-state index contributed by atoms with van der Waals surface area (Å²) < 4.78 is 22.0. The summed E-state index contributed by atoms with van der Waals surface area (Å²) in [5.74, 6) is 5.62. The van der Waals surface area contributed by atoms with Gasteiger partial charge < -0.3 is 18.9 Å². The van der Waals surface area contributed by atoms with Crippen molar-refractivity contribution < 1.29 is 23.7 Å². The molecule has 0 bridgehead atoms. The second-order valence-corrected chi connectivity index (χ2v) is 14.3. The number of Topliss-reactive ketones (excluding diaryl/α,β-unsaturated/α-hetero) is 1. The molecular formula is C60H58O5. The highest BCUT2D eigenvalue weighted by Crippen LogP contribution is 2.27. The summed E-state index contributed by atoms with van der Waals surface area (Å²) in [5.41, 5.74) is 4.67. The molecule has 0 atom stereocenters. The Morgan fingerprint density at radius 2 is 0.538 bits per heavy atom. The molecule has 0 saturated heterocycles. The maximum atomic E-state index is 11.2. The monoisotopic (exact) mass is 858 g/mol. The lowest BCUT2D eigenvalue weighted by Gasteiger charge is -2.08. The van der Waals surface area contributed by atoms with Crippen molar-refractivity contribution in [2.75, 3.05) is 7.11 Å². The summed E-state index contributed by atoms with van der Waals surface area (Å²) in [6, 6.07) is 84.0. The highest BCUT2D eigenvalue weighted by atomic mass is 16.5. The third kappa shape index (κ3) is 22.0. The van der Waals surface area contributed by atoms with Gasteiger partial charge in [-0.25, -0.2) is 0 Å². The number of ether oxygens (including phenoxy) is 4. The van der Waals surface area contributed by atoms with Gasteiger partial charge in [0.25, 0.3) is 0 Å². The number of hydrogen-bond acceptors (Lipinski definition) is 5. The van der Waals surface area contributed by atoms with Gasteiger partial charge in [-0.1, -0.05) is 180 Å². The SMILES string of the molecule is CC(=O)c1ccc(Oc2ccc(Oc3ccccc3)cc2)cc1.COc1ccccc1.Cc1cccc(C)c1.Cc1ccccc1.c1ccc(Oc2ccccc2)cc1.c1ccccc1. The average Bonchev–Trinajstić information content (AvgIpc) is 3.35. The number of para-hydroxylation sites is 4. The van der Waals surface area contributed by atoms with Crippen LogP contribution >= 0.6 is 0 Å². The second kappa shape index (κ2) is 30.0. The summed E-state index contributed by atoms with van der Waals surface area (Å²) in [7, 11) is 1.66. The van der Waals surface area contributed by atoms with Crippen LogP contribution in [0.15, 0.2) is 261 Å². The number of hydrogen-bond donors (Lipinski definition) is 0. The molecule has 0 spiro atoms. The summed E-state index contributed by atoms with van der Waals surface area (Å²) in [6.07, 6.45) is 0. The van der Waals surface area contributed by atoms with Crippen molar-refractivity contribution in [2.45, 2.75) is 27.7 Å². The molecule has 0 aliphatic carbocycles. The van der Waals surface area contributed by atoms with E-state index in [0.717, 1.165) is 28.7 Å². The van der Waals surface area contributed by atoms with E-state index in [-0.39, 0.29) is 5.78 Å². The molecule has 0 saturated carbocycles. The van der Waals surface area contributed by atoms with Gasteiger partial charge >= 0.3 is 0 Å². The molecule has 5 heteroatoms. The molecule has 9 aromatic carbocycles. The molecule has 0 radical (unpaired) electrons. The number of carbonyl (C=O) groups excluding carboxylic acids is 1. The highest BCUT2D eigenvalue weighted by molar-refractivity contribution is 5.94. The summed E-state index contributed by atoms with van der Waals surface area (Å²) in [6.45, 7) is 7.83. The van der Waals surface area contributed by atoms with E-state index in [2.05, 4.69) is 57.2 Å². The van der Waals surface area contributed by atoms with Crippen molar-refractivity contribution in [3.05, 3.63) is 283 Å². The van der Waals surface area contributed by atoms with Crippen molar-refractivity contribution in [3.63, 3.8) is 0 Å². The van der Waals surface area contributed by atoms with Crippen LogP contribution in [0.1, 0.15) is 34.0 Å². The molecule has 0 aliphatic rings. The number of carbonyl (C=O) groups is 1. The van der Waals surface area contributed by atoms with Crippen LogP contribution in [0, 0.1) is 20.8 Å². The van der Waals surface area contributed by atoms with Crippen molar-refractivity contribution in [2.24, 2.45) is 0 Å². The van der Waals surface area contributed by atoms with E-state index in [0.29, 0.717) is 17.1 Å². The normalized spacial score (nSPS) is 9.37. The van der Waals surface area contributed by atoms with E-state index in [1.807, 2.05) is 200 Å². The molecular weight excluding hydrogens is 801 g/mol. The molecule has 5 nitrogen and oxygen atoms in total. The quantitative estimate of drug-likeness (QED) is 0.143. The van der Waals surface area contributed by atoms with Crippen LogP contribution in [0.5, 0.6) is 40.2 Å². The Kier molecular flexibility index (Phi) is 22.8. The smallest absolute Gasteiger partial charge is 0.159 e. The average molecular weight is 859 g/mol. The molecule has 65 heavy (non-hydrogen) atoms. The number of rotatable bonds is 8. The first-order chi connectivity index (χ1) is 31.8. The van der Waals surface area contributed by atoms with Crippen molar-refractivity contribution in [1.82, 2.24) is 0 Å². The molecule has 0 aliphatic heterocycles. The zero-order valence-electron chi connectivity index (χ0n) is 37.9. The molecule has 0 N–H and O–H groups in total. The van der Waals surface area contributed by atoms with Crippen molar-refractivity contribution in [1.29, 1.82) is 0 Å². The van der Waals surface area contributed by atoms with Gasteiger partial charge in [0.1, 0.15) is 40.2 Å². The first-order valence-corrected chi connectivity index (χ1v) is 21.3. The maximum Gasteiger partial charge on any atom is 0.159 e. The van der Waals surface area contributed by atoms with Crippen LogP contribution in [-0.4, -0.2) is 12.9 Å². The predicted molar refractivity (Wildman–Crippen MR) is 269 cm³/mol. The number of aryl methyl sites for hydroxylation is 3. The maximum absolute atomic E-state index is 11.2. The third-order valence-corrected chi connectivity index (χ3v) is 8.78. The van der Waals surface area contributed by atoms with Gasteiger partial charge in [-0.15, -0.1) is 0 Å². The van der Waals surface area contributed by atoms with Crippen molar-refractivity contribution >= 4 is 5.78 Å². The molecule has 0 heterocycles. The zero-order valence-corrected chi connectivity index (χ0v) is 37.9. The van der Waals surface area contributed by atoms with Crippen LogP contribution in [-0.2, 0) is 0 Å². The summed E-state index contributed by atoms with van der Waals surface area (Å²) in [4.78, 5) is 11.2. The zero-order chi connectivity index (χ0) is 46.2. The van der Waals surface area contributed by atoms with E-state index in [4.69, 9.17) is 18.9 Å². The Hall–Kier alpha value is -8.15. The topological polar surface area (TPSA) is 54.0 Å². The Morgan fingerprint density at radius 1 is 0.292 bits per heavy atom. The van der Waals surface area contributed by atoms with E-state index >= 15 is 0 Å². The third-order valence-electron chi connectivity index (χ3n) is 8.78. The Bertz CT molecular complexity index is 2470. The van der Waals surface area contributed by atoms with Gasteiger partial charge in [-0.2, -0.15) is 0 Å². The Labute approximate surface area is 386 Å². The number of ketones is 1. The molecule has 0 fully saturated rings. The number of methoxy groups -OCH3 is 1. The first-order valence-electron chi connectivity index (χ1n) is 21.3. The number of benzene rings is 9. The second-order valence-electron chi connectivity index (χ2n) is 14.3. The van der Waals surface area contributed by atoms with Crippen LogP contribution in [0.25, 0.3) is 0 Å². The van der Waals surface area contributed by atoms with Gasteiger partial charge in [0, 0.05) is 5.56 Å². The standard InChI is InChI=1S/C20H16O3.C12H10O.C8H10.C7H8O.C7H8.C6H6/c1-15(21)16-7-9-18(10-8-16)23-20-13-11-19(12-14-20)22-17-5-3-2-4-6-17;1-3-7-11(8-4-1)13-12-9-5-2-6-10-12;1-7-4-3-5-8(2)6-7;1-8-7-5-3-2-4-6-7;1-7-5-3-2-4-6-7;1-2-4-6-5-3-1/h2-14H,1H3;1-10H;3-6H,1-2H3;2-6H,1H3;2-6H,1H3;1-6H. The molecule has 0 aromatic heterocycles. The first kappa shape index (κ1) is 49.5.